The van der Waals surface area contributed by atoms with Crippen molar-refractivity contribution in [1.29, 1.82) is 0 Å². The molecule has 10 heteroatoms. The maximum Gasteiger partial charge on any atom is 0.341 e. The van der Waals surface area contributed by atoms with Gasteiger partial charge in [0.1, 0.15) is 17.4 Å². The second-order valence-corrected chi connectivity index (χ2v) is 8.80. The van der Waals surface area contributed by atoms with Crippen molar-refractivity contribution in [3.63, 3.8) is 0 Å². The molecule has 0 spiro atoms. The van der Waals surface area contributed by atoms with E-state index in [9.17, 15) is 9.59 Å². The molecular formula is C28H19ClFN3O5. The second-order valence-electron chi connectivity index (χ2n) is 8.36. The van der Waals surface area contributed by atoms with Crippen LogP contribution in [0.3, 0.4) is 0 Å². The van der Waals surface area contributed by atoms with Gasteiger partial charge in [0.05, 0.1) is 29.1 Å². The molecule has 8 nitrogen and oxygen atoms in total. The van der Waals surface area contributed by atoms with Crippen LogP contribution in [0, 0.1) is 5.82 Å². The van der Waals surface area contributed by atoms with Crippen molar-refractivity contribution in [3.05, 3.63) is 106 Å². The minimum Gasteiger partial charge on any atom is -0.481 e. The van der Waals surface area contributed by atoms with Gasteiger partial charge in [-0.3, -0.25) is 4.99 Å². The number of aromatic nitrogens is 1. The second kappa shape index (κ2) is 10.3. The molecular weight excluding hydrogens is 513 g/mol. The van der Waals surface area contributed by atoms with Crippen molar-refractivity contribution in [3.8, 4) is 17.0 Å². The summed E-state index contributed by atoms with van der Waals surface area (Å²) in [5, 5.41) is 21.8. The number of rotatable bonds is 7. The van der Waals surface area contributed by atoms with Gasteiger partial charge < -0.3 is 20.3 Å². The van der Waals surface area contributed by atoms with Crippen molar-refractivity contribution in [2.24, 2.45) is 4.99 Å². The van der Waals surface area contributed by atoms with Crippen LogP contribution in [0.25, 0.3) is 11.3 Å². The number of aliphatic carboxylic acids is 1. The number of ether oxygens (including phenoxy) is 1. The van der Waals surface area contributed by atoms with E-state index < -0.39 is 24.4 Å². The average Bonchev–Trinajstić information content (AvgIpc) is 3.04. The van der Waals surface area contributed by atoms with Crippen LogP contribution in [0.2, 0.25) is 5.02 Å². The van der Waals surface area contributed by atoms with E-state index >= 15 is 4.39 Å². The lowest BCUT2D eigenvalue weighted by atomic mass is 9.94. The van der Waals surface area contributed by atoms with Crippen LogP contribution in [0.15, 0.2) is 77.8 Å². The molecule has 0 unspecified atom stereocenters. The number of nitrogens with one attached hydrogen (secondary N) is 1. The largest absolute Gasteiger partial charge is 0.481 e. The Hall–Kier alpha value is -4.76. The molecule has 190 valence electrons. The van der Waals surface area contributed by atoms with Gasteiger partial charge >= 0.3 is 11.9 Å². The Labute approximate surface area is 221 Å². The monoisotopic (exact) mass is 531 g/mol. The smallest absolute Gasteiger partial charge is 0.341 e. The van der Waals surface area contributed by atoms with Gasteiger partial charge in [-0.05, 0) is 54.6 Å². The van der Waals surface area contributed by atoms with E-state index in [1.165, 1.54) is 30.3 Å². The highest BCUT2D eigenvalue weighted by Crippen LogP contribution is 2.36. The number of aliphatic imine (C=N–C) groups is 1. The zero-order chi connectivity index (χ0) is 26.8. The van der Waals surface area contributed by atoms with E-state index in [1.807, 2.05) is 6.07 Å². The minimum absolute atomic E-state index is 0.0296. The SMILES string of the molecule is O=C(O)COc1cccc(F)c1C1=NCc2ccc(Nc3ccc(C(=O)O)cc3)nc2-c2ccc(Cl)cc21. The van der Waals surface area contributed by atoms with Crippen LogP contribution < -0.4 is 10.1 Å². The van der Waals surface area contributed by atoms with E-state index in [0.717, 1.165) is 5.56 Å². The number of pyridine rings is 1. The first-order valence-electron chi connectivity index (χ1n) is 11.4. The van der Waals surface area contributed by atoms with Gasteiger partial charge in [-0.15, -0.1) is 0 Å². The van der Waals surface area contributed by atoms with Crippen LogP contribution in [-0.4, -0.2) is 39.5 Å². The number of aromatic carboxylic acids is 1. The Morgan fingerprint density at radius 2 is 1.79 bits per heavy atom. The summed E-state index contributed by atoms with van der Waals surface area (Å²) in [4.78, 5) is 31.7. The summed E-state index contributed by atoms with van der Waals surface area (Å²) < 4.78 is 20.6. The molecule has 0 fully saturated rings. The first-order chi connectivity index (χ1) is 18.3. The summed E-state index contributed by atoms with van der Waals surface area (Å²) in [6.07, 6.45) is 0. The summed E-state index contributed by atoms with van der Waals surface area (Å²) in [6, 6.07) is 19.2. The fourth-order valence-corrected chi connectivity index (χ4v) is 4.31. The summed E-state index contributed by atoms with van der Waals surface area (Å²) in [7, 11) is 0. The molecule has 1 aliphatic heterocycles. The molecule has 1 aromatic heterocycles. The van der Waals surface area contributed by atoms with Gasteiger partial charge in [0.25, 0.3) is 0 Å². The maximum absolute atomic E-state index is 15.2. The van der Waals surface area contributed by atoms with Gasteiger partial charge in [0, 0.05) is 27.4 Å². The molecule has 3 aromatic carbocycles. The van der Waals surface area contributed by atoms with Crippen molar-refractivity contribution in [2.45, 2.75) is 6.54 Å². The molecule has 2 heterocycles. The minimum atomic E-state index is -1.19. The Kier molecular flexibility index (Phi) is 6.76. The standard InChI is InChI=1S/C28H19ClFN3O5/c29-17-7-10-19-20(12-17)27(25-21(30)2-1-3-22(25)38-14-24(34)35)31-13-16-6-11-23(33-26(16)19)32-18-8-4-15(5-9-18)28(36)37/h1-12H,13-14H2,(H,32,33)(H,34,35)(H,36,37). The summed E-state index contributed by atoms with van der Waals surface area (Å²) in [5.74, 6) is -2.28. The topological polar surface area (TPSA) is 121 Å². The Bertz CT molecular complexity index is 1610. The first kappa shape index (κ1) is 24.9. The van der Waals surface area contributed by atoms with Crippen LogP contribution in [0.5, 0.6) is 5.75 Å². The molecule has 1 aliphatic rings. The quantitative estimate of drug-likeness (QED) is 0.275. The zero-order valence-corrected chi connectivity index (χ0v) is 20.4. The third kappa shape index (κ3) is 5.05. The molecule has 5 rings (SSSR count). The van der Waals surface area contributed by atoms with Gasteiger partial charge in [0.2, 0.25) is 0 Å². The number of carbonyl (C=O) groups is 2. The number of halogens is 2. The Morgan fingerprint density at radius 3 is 2.53 bits per heavy atom. The lowest BCUT2D eigenvalue weighted by Crippen LogP contribution is -2.14. The molecule has 0 aliphatic carbocycles. The highest BCUT2D eigenvalue weighted by atomic mass is 35.5. The lowest BCUT2D eigenvalue weighted by Gasteiger charge is -2.16. The molecule has 0 bridgehead atoms. The van der Waals surface area contributed by atoms with Crippen molar-refractivity contribution < 1.29 is 28.9 Å². The van der Waals surface area contributed by atoms with Gasteiger partial charge in [0.15, 0.2) is 6.61 Å². The maximum atomic E-state index is 15.2. The molecule has 0 atom stereocenters. The molecule has 0 radical (unpaired) electrons. The third-order valence-corrected chi connectivity index (χ3v) is 6.08. The predicted octanol–water partition coefficient (Wildman–Crippen LogP) is 5.80. The van der Waals surface area contributed by atoms with E-state index in [-0.39, 0.29) is 29.1 Å². The first-order valence-corrected chi connectivity index (χ1v) is 11.8. The van der Waals surface area contributed by atoms with Crippen LogP contribution in [0.4, 0.5) is 15.9 Å². The highest BCUT2D eigenvalue weighted by molar-refractivity contribution is 6.31. The Morgan fingerprint density at radius 1 is 1.00 bits per heavy atom. The fraction of sp³-hybridized carbons (Fsp3) is 0.0714. The third-order valence-electron chi connectivity index (χ3n) is 5.85. The fourth-order valence-electron chi connectivity index (χ4n) is 4.14. The van der Waals surface area contributed by atoms with Gasteiger partial charge in [-0.1, -0.05) is 29.8 Å². The predicted molar refractivity (Wildman–Crippen MR) is 140 cm³/mol. The molecule has 0 saturated heterocycles. The van der Waals surface area contributed by atoms with E-state index in [0.29, 0.717) is 33.3 Å². The number of carboxylic acids is 2. The molecule has 38 heavy (non-hydrogen) atoms. The normalized spacial score (nSPS) is 12.0. The Balaban J connectivity index is 1.58. The molecule has 0 saturated carbocycles. The van der Waals surface area contributed by atoms with E-state index in [1.54, 1.807) is 36.4 Å². The number of hydrogen-bond donors (Lipinski definition) is 3. The van der Waals surface area contributed by atoms with Crippen molar-refractivity contribution >= 4 is 40.8 Å². The molecule has 4 aromatic rings. The number of anilines is 2. The summed E-state index contributed by atoms with van der Waals surface area (Å²) in [5.41, 5.74) is 3.65. The summed E-state index contributed by atoms with van der Waals surface area (Å²) >= 11 is 6.33. The van der Waals surface area contributed by atoms with Gasteiger partial charge in [-0.25, -0.2) is 19.0 Å². The lowest BCUT2D eigenvalue weighted by molar-refractivity contribution is -0.139. The number of fused-ring (bicyclic) bond motifs is 3. The number of benzene rings is 3. The number of carboxylic acid groups (broad SMARTS) is 2. The van der Waals surface area contributed by atoms with Gasteiger partial charge in [-0.2, -0.15) is 0 Å². The highest BCUT2D eigenvalue weighted by Gasteiger charge is 2.25. The van der Waals surface area contributed by atoms with Crippen LogP contribution in [-0.2, 0) is 11.3 Å². The number of hydrogen-bond acceptors (Lipinski definition) is 6. The zero-order valence-electron chi connectivity index (χ0n) is 19.6. The van der Waals surface area contributed by atoms with E-state index in [4.69, 9.17) is 31.5 Å². The van der Waals surface area contributed by atoms with Crippen LogP contribution >= 0.6 is 11.6 Å². The summed E-state index contributed by atoms with van der Waals surface area (Å²) in [6.45, 7) is -0.472. The van der Waals surface area contributed by atoms with Crippen molar-refractivity contribution in [2.75, 3.05) is 11.9 Å². The number of nitrogens with zero attached hydrogens (tertiary/aromatic N) is 2. The molecule has 3 N–H and O–H groups in total. The van der Waals surface area contributed by atoms with Crippen molar-refractivity contribution in [1.82, 2.24) is 4.98 Å². The molecule has 0 amide bonds. The van der Waals surface area contributed by atoms with E-state index in [2.05, 4.69) is 10.3 Å². The van der Waals surface area contributed by atoms with Crippen LogP contribution in [0.1, 0.15) is 27.0 Å². The average molecular weight is 532 g/mol.